The summed E-state index contributed by atoms with van der Waals surface area (Å²) in [5.41, 5.74) is 9.68. The number of hydrogen-bond donors (Lipinski definition) is 0. The number of pyridine rings is 1. The maximum absolute atomic E-state index is 4.58. The third-order valence-electron chi connectivity index (χ3n) is 10.3. The molecule has 1 aromatic heterocycles. The van der Waals surface area contributed by atoms with Crippen LogP contribution < -0.4 is 0 Å². The molecule has 5 aliphatic carbocycles. The fourth-order valence-corrected chi connectivity index (χ4v) is 8.47. The zero-order valence-corrected chi connectivity index (χ0v) is 24.0. The van der Waals surface area contributed by atoms with Crippen molar-refractivity contribution in [1.29, 1.82) is 0 Å². The fourth-order valence-electron chi connectivity index (χ4n) is 8.47. The number of hydrogen-bond acceptors (Lipinski definition) is 1. The summed E-state index contributed by atoms with van der Waals surface area (Å²) in [6.45, 7) is 0. The Labute approximate surface area is 250 Å². The van der Waals surface area contributed by atoms with Crippen molar-refractivity contribution in [3.8, 4) is 11.3 Å². The molecule has 0 spiro atoms. The van der Waals surface area contributed by atoms with Gasteiger partial charge in [0.15, 0.2) is 0 Å². The molecule has 0 saturated carbocycles. The first-order valence-corrected chi connectivity index (χ1v) is 15.8. The zero-order chi connectivity index (χ0) is 27.9. The van der Waals surface area contributed by atoms with E-state index in [1.165, 1.54) is 47.1 Å². The van der Waals surface area contributed by atoms with Gasteiger partial charge < -0.3 is 0 Å². The van der Waals surface area contributed by atoms with Crippen molar-refractivity contribution < 1.29 is 0 Å². The predicted octanol–water partition coefficient (Wildman–Crippen LogP) is 9.92. The van der Waals surface area contributed by atoms with Gasteiger partial charge in [-0.05, 0) is 82.9 Å². The van der Waals surface area contributed by atoms with Crippen LogP contribution in [-0.2, 0) is 0 Å². The molecule has 0 fully saturated rings. The fraction of sp³-hybridized carbons (Fsp3) is 0.244. The van der Waals surface area contributed by atoms with Gasteiger partial charge in [-0.1, -0.05) is 128 Å². The van der Waals surface area contributed by atoms with Crippen LogP contribution in [0.4, 0.5) is 0 Å². The average molecular weight is 544 g/mol. The molecule has 0 amide bonds. The number of rotatable bonds is 4. The van der Waals surface area contributed by atoms with E-state index in [0.717, 1.165) is 5.69 Å². The van der Waals surface area contributed by atoms with E-state index in [4.69, 9.17) is 0 Å². The van der Waals surface area contributed by atoms with Gasteiger partial charge in [-0.3, -0.25) is 4.98 Å². The van der Waals surface area contributed by atoms with Crippen molar-refractivity contribution in [2.75, 3.05) is 0 Å². The van der Waals surface area contributed by atoms with E-state index in [0.29, 0.717) is 41.4 Å². The summed E-state index contributed by atoms with van der Waals surface area (Å²) in [6, 6.07) is 24.6. The Morgan fingerprint density at radius 2 is 1.43 bits per heavy atom. The van der Waals surface area contributed by atoms with Gasteiger partial charge >= 0.3 is 0 Å². The Kier molecular flexibility index (Phi) is 6.60. The van der Waals surface area contributed by atoms with Crippen LogP contribution in [-0.4, -0.2) is 4.98 Å². The molecule has 5 aliphatic rings. The highest BCUT2D eigenvalue weighted by Gasteiger charge is 2.46. The minimum atomic E-state index is 0.328. The zero-order valence-electron chi connectivity index (χ0n) is 24.0. The van der Waals surface area contributed by atoms with E-state index in [9.17, 15) is 0 Å². The van der Waals surface area contributed by atoms with Crippen LogP contribution in [0.5, 0.6) is 0 Å². The second kappa shape index (κ2) is 10.9. The lowest BCUT2D eigenvalue weighted by atomic mass is 9.55. The molecule has 3 aromatic rings. The molecule has 2 aromatic carbocycles. The third-order valence-corrected chi connectivity index (χ3v) is 10.3. The van der Waals surface area contributed by atoms with E-state index >= 15 is 0 Å². The third kappa shape index (κ3) is 4.34. The molecule has 1 heteroatoms. The minimum Gasteiger partial charge on any atom is -0.256 e. The Balaban J connectivity index is 1.20. The molecule has 0 N–H and O–H groups in total. The van der Waals surface area contributed by atoms with Gasteiger partial charge in [0, 0.05) is 29.5 Å². The molecular weight excluding hydrogens is 506 g/mol. The van der Waals surface area contributed by atoms with Crippen molar-refractivity contribution in [3.63, 3.8) is 0 Å². The van der Waals surface area contributed by atoms with Crippen LogP contribution in [0.2, 0.25) is 0 Å². The molecule has 0 aliphatic heterocycles. The minimum absolute atomic E-state index is 0.328. The van der Waals surface area contributed by atoms with E-state index < -0.39 is 0 Å². The molecule has 7 unspecified atom stereocenters. The molecular formula is C41H37N. The quantitative estimate of drug-likeness (QED) is 0.298. The van der Waals surface area contributed by atoms with E-state index in [-0.39, 0.29) is 0 Å². The van der Waals surface area contributed by atoms with Gasteiger partial charge in [0.2, 0.25) is 0 Å². The van der Waals surface area contributed by atoms with Gasteiger partial charge in [0.1, 0.15) is 0 Å². The van der Waals surface area contributed by atoms with Crippen LogP contribution in [0, 0.1) is 29.6 Å². The Bertz CT molecular complexity index is 1680. The number of benzene rings is 2. The highest BCUT2D eigenvalue weighted by molar-refractivity contribution is 5.60. The number of fused-ring (bicyclic) bond motifs is 3. The Morgan fingerprint density at radius 3 is 2.24 bits per heavy atom. The van der Waals surface area contributed by atoms with Crippen molar-refractivity contribution in [1.82, 2.24) is 4.98 Å². The van der Waals surface area contributed by atoms with Crippen LogP contribution in [0.1, 0.15) is 47.8 Å². The van der Waals surface area contributed by atoms with E-state index in [1.54, 1.807) is 5.57 Å². The lowest BCUT2D eigenvalue weighted by molar-refractivity contribution is 0.264. The summed E-state index contributed by atoms with van der Waals surface area (Å²) in [4.78, 5) is 4.58. The van der Waals surface area contributed by atoms with Crippen molar-refractivity contribution in [2.45, 2.75) is 31.1 Å². The monoisotopic (exact) mass is 543 g/mol. The molecule has 7 atom stereocenters. The number of aromatic nitrogens is 1. The van der Waals surface area contributed by atoms with Crippen molar-refractivity contribution >= 4 is 0 Å². The molecule has 1 heterocycles. The van der Waals surface area contributed by atoms with Gasteiger partial charge in [-0.15, -0.1) is 0 Å². The molecule has 0 bridgehead atoms. The summed E-state index contributed by atoms with van der Waals surface area (Å²) >= 11 is 0. The van der Waals surface area contributed by atoms with Crippen LogP contribution in [0.25, 0.3) is 11.3 Å². The molecule has 8 rings (SSSR count). The number of allylic oxidation sites excluding steroid dienone is 14. The first kappa shape index (κ1) is 25.5. The summed E-state index contributed by atoms with van der Waals surface area (Å²) in [5, 5.41) is 0. The summed E-state index contributed by atoms with van der Waals surface area (Å²) in [6.07, 6.45) is 34.6. The Morgan fingerprint density at radius 1 is 0.619 bits per heavy atom. The topological polar surface area (TPSA) is 12.9 Å². The van der Waals surface area contributed by atoms with Gasteiger partial charge in [0.25, 0.3) is 0 Å². The van der Waals surface area contributed by atoms with Crippen molar-refractivity contribution in [2.24, 2.45) is 29.6 Å². The SMILES string of the molecule is C1=CC2=C(C3C=CCCC3)C=CC(C3c4ccccc4C(c4ccc(-c5ccccn5)cc4)C4C=CC=CC43)C2C=C1. The maximum Gasteiger partial charge on any atom is 0.0701 e. The van der Waals surface area contributed by atoms with Crippen molar-refractivity contribution in [3.05, 3.63) is 174 Å². The first-order chi connectivity index (χ1) is 20.9. The van der Waals surface area contributed by atoms with E-state index in [2.05, 4.69) is 139 Å². The Hall–Kier alpha value is -4.23. The molecule has 0 radical (unpaired) electrons. The van der Waals surface area contributed by atoms with Crippen LogP contribution in [0.3, 0.4) is 0 Å². The molecule has 0 saturated heterocycles. The normalized spacial score (nSPS) is 30.6. The van der Waals surface area contributed by atoms with Gasteiger partial charge in [-0.25, -0.2) is 0 Å². The molecule has 42 heavy (non-hydrogen) atoms. The first-order valence-electron chi connectivity index (χ1n) is 15.8. The largest absolute Gasteiger partial charge is 0.256 e. The lowest BCUT2D eigenvalue weighted by Crippen LogP contribution is -2.38. The average Bonchev–Trinajstić information content (AvgIpc) is 3.08. The summed E-state index contributed by atoms with van der Waals surface area (Å²) in [7, 11) is 0. The predicted molar refractivity (Wildman–Crippen MR) is 174 cm³/mol. The highest BCUT2D eigenvalue weighted by Crippen LogP contribution is 2.57. The second-order valence-corrected chi connectivity index (χ2v) is 12.5. The van der Waals surface area contributed by atoms with Crippen LogP contribution in [0.15, 0.2) is 157 Å². The highest BCUT2D eigenvalue weighted by atomic mass is 14.7. The van der Waals surface area contributed by atoms with Gasteiger partial charge in [-0.2, -0.15) is 0 Å². The second-order valence-electron chi connectivity index (χ2n) is 12.5. The standard InChI is InChI=1S/C41H37N/c1-2-12-28(13-3-1)31-25-26-38(33-15-5-4-14-32(31)33)41-36-18-8-6-16-34(36)40(35-17-7-9-19-37(35)41)30-23-21-29(22-24-30)39-20-10-11-27-42-39/h2,4-12,14-28,33-34,36,38,40-41H,1,3,13H2. The maximum atomic E-state index is 4.58. The molecule has 1 nitrogen and oxygen atoms in total. The van der Waals surface area contributed by atoms with Gasteiger partial charge in [0.05, 0.1) is 5.69 Å². The smallest absolute Gasteiger partial charge is 0.0701 e. The lowest BCUT2D eigenvalue weighted by Gasteiger charge is -2.48. The van der Waals surface area contributed by atoms with E-state index in [1.807, 2.05) is 12.3 Å². The number of nitrogens with zero attached hydrogens (tertiary/aromatic N) is 1. The molecule has 206 valence electrons. The summed E-state index contributed by atoms with van der Waals surface area (Å²) < 4.78 is 0. The summed E-state index contributed by atoms with van der Waals surface area (Å²) in [5.74, 6) is 3.00. The van der Waals surface area contributed by atoms with Crippen LogP contribution >= 0.6 is 0 Å².